The minimum Gasteiger partial charge on any atom is -0.358 e. The van der Waals surface area contributed by atoms with E-state index in [2.05, 4.69) is 10.3 Å². The first-order chi connectivity index (χ1) is 15.9. The second-order valence-corrected chi connectivity index (χ2v) is 10.3. The van der Waals surface area contributed by atoms with Crippen molar-refractivity contribution in [3.05, 3.63) is 100 Å². The van der Waals surface area contributed by atoms with Crippen LogP contribution in [0, 0.1) is 0 Å². The molecule has 3 aromatic rings. The first kappa shape index (κ1) is 23.6. The predicted octanol–water partition coefficient (Wildman–Crippen LogP) is 4.95. The highest BCUT2D eigenvalue weighted by atomic mass is 35.5. The number of hydrogen-bond donors (Lipinski definition) is 1. The number of hydrogen-bond acceptors (Lipinski definition) is 3. The van der Waals surface area contributed by atoms with Gasteiger partial charge in [-0.1, -0.05) is 70.1 Å². The molecule has 3 aromatic carbocycles. The molecule has 1 heterocycles. The SMILES string of the molecule is CN=C(NC)N1CC(c2ccccc2)C(c2ccc(Cl)cc2)N1S(=O)(=O)c1ccc(Cl)cc1. The van der Waals surface area contributed by atoms with Crippen LogP contribution < -0.4 is 5.32 Å². The molecule has 0 bridgehead atoms. The summed E-state index contributed by atoms with van der Waals surface area (Å²) in [7, 11) is -0.616. The molecule has 0 saturated carbocycles. The lowest BCUT2D eigenvalue weighted by Crippen LogP contribution is -2.49. The minimum atomic E-state index is -3.97. The molecule has 33 heavy (non-hydrogen) atoms. The van der Waals surface area contributed by atoms with Gasteiger partial charge in [-0.2, -0.15) is 0 Å². The van der Waals surface area contributed by atoms with Gasteiger partial charge < -0.3 is 5.32 Å². The lowest BCUT2D eigenvalue weighted by molar-refractivity contribution is 0.173. The van der Waals surface area contributed by atoms with E-state index in [1.54, 1.807) is 43.4 Å². The molecule has 4 rings (SSSR count). The van der Waals surface area contributed by atoms with Crippen LogP contribution in [0.25, 0.3) is 0 Å². The average molecular weight is 503 g/mol. The van der Waals surface area contributed by atoms with Gasteiger partial charge in [0.15, 0.2) is 0 Å². The van der Waals surface area contributed by atoms with Crippen molar-refractivity contribution in [2.24, 2.45) is 4.99 Å². The fraction of sp³-hybridized carbons (Fsp3) is 0.208. The number of rotatable bonds is 4. The Morgan fingerprint density at radius 1 is 0.909 bits per heavy atom. The number of guanidine groups is 1. The van der Waals surface area contributed by atoms with E-state index < -0.39 is 16.1 Å². The normalized spacial score (nSPS) is 19.6. The van der Waals surface area contributed by atoms with Crippen molar-refractivity contribution in [2.75, 3.05) is 20.6 Å². The maximum atomic E-state index is 14.1. The monoisotopic (exact) mass is 502 g/mol. The molecule has 1 saturated heterocycles. The van der Waals surface area contributed by atoms with Crippen LogP contribution in [0.3, 0.4) is 0 Å². The van der Waals surface area contributed by atoms with Crippen LogP contribution in [0.2, 0.25) is 10.0 Å². The summed E-state index contributed by atoms with van der Waals surface area (Å²) in [4.78, 5) is 4.46. The van der Waals surface area contributed by atoms with Crippen molar-refractivity contribution in [1.29, 1.82) is 0 Å². The number of halogens is 2. The summed E-state index contributed by atoms with van der Waals surface area (Å²) in [5.74, 6) is 0.296. The zero-order valence-electron chi connectivity index (χ0n) is 18.2. The molecule has 0 radical (unpaired) electrons. The van der Waals surface area contributed by atoms with Gasteiger partial charge in [-0.15, -0.1) is 0 Å². The van der Waals surface area contributed by atoms with E-state index in [4.69, 9.17) is 23.2 Å². The summed E-state index contributed by atoms with van der Waals surface area (Å²) in [5, 5.41) is 5.79. The predicted molar refractivity (Wildman–Crippen MR) is 133 cm³/mol. The van der Waals surface area contributed by atoms with E-state index >= 15 is 0 Å². The first-order valence-electron chi connectivity index (χ1n) is 10.4. The Bertz CT molecular complexity index is 1230. The maximum Gasteiger partial charge on any atom is 0.260 e. The Labute approximate surface area is 204 Å². The Balaban J connectivity index is 1.94. The lowest BCUT2D eigenvalue weighted by Gasteiger charge is -2.33. The number of hydrazine groups is 1. The third-order valence-corrected chi connectivity index (χ3v) is 7.99. The van der Waals surface area contributed by atoms with Crippen molar-refractivity contribution >= 4 is 39.2 Å². The molecule has 1 aliphatic rings. The van der Waals surface area contributed by atoms with Crippen molar-refractivity contribution in [1.82, 2.24) is 14.7 Å². The molecule has 1 fully saturated rings. The average Bonchev–Trinajstić information content (AvgIpc) is 3.22. The summed E-state index contributed by atoms with van der Waals surface area (Å²) in [6, 6.07) is 22.9. The van der Waals surface area contributed by atoms with Crippen LogP contribution in [-0.4, -0.2) is 44.4 Å². The highest BCUT2D eigenvalue weighted by Crippen LogP contribution is 2.46. The molecule has 172 valence electrons. The van der Waals surface area contributed by atoms with Crippen LogP contribution in [0.5, 0.6) is 0 Å². The van der Waals surface area contributed by atoms with Gasteiger partial charge >= 0.3 is 0 Å². The van der Waals surface area contributed by atoms with Crippen LogP contribution in [0.1, 0.15) is 23.1 Å². The molecule has 0 spiro atoms. The molecule has 2 unspecified atom stereocenters. The highest BCUT2D eigenvalue weighted by molar-refractivity contribution is 7.89. The number of sulfonamides is 1. The molecular formula is C24H24Cl2N4O2S. The topological polar surface area (TPSA) is 65.0 Å². The van der Waals surface area contributed by atoms with E-state index in [9.17, 15) is 8.42 Å². The highest BCUT2D eigenvalue weighted by Gasteiger charge is 2.49. The summed E-state index contributed by atoms with van der Waals surface area (Å²) in [6.45, 7) is 0.414. The standard InChI is InChI=1S/C24H24Cl2N4O2S/c1-27-24(28-2)29-16-22(17-6-4-3-5-7-17)23(18-8-10-19(25)11-9-18)30(29)33(31,32)21-14-12-20(26)13-15-21/h3-15,22-23H,16H2,1-2H3,(H,27,28). The lowest BCUT2D eigenvalue weighted by atomic mass is 9.89. The van der Waals surface area contributed by atoms with Gasteiger partial charge in [0.2, 0.25) is 5.96 Å². The van der Waals surface area contributed by atoms with E-state index in [1.807, 2.05) is 42.5 Å². The van der Waals surface area contributed by atoms with Gasteiger partial charge in [0.1, 0.15) is 0 Å². The zero-order valence-corrected chi connectivity index (χ0v) is 20.5. The van der Waals surface area contributed by atoms with Gasteiger partial charge in [-0.05, 0) is 47.5 Å². The number of benzene rings is 3. The molecule has 2 atom stereocenters. The van der Waals surface area contributed by atoms with E-state index in [0.717, 1.165) is 11.1 Å². The second kappa shape index (κ2) is 9.73. The summed E-state index contributed by atoms with van der Waals surface area (Å²) in [6.07, 6.45) is 0. The van der Waals surface area contributed by atoms with Crippen molar-refractivity contribution in [3.63, 3.8) is 0 Å². The molecule has 0 aliphatic carbocycles. The number of nitrogens with zero attached hydrogens (tertiary/aromatic N) is 3. The van der Waals surface area contributed by atoms with Crippen LogP contribution in [-0.2, 0) is 10.0 Å². The third kappa shape index (κ3) is 4.59. The van der Waals surface area contributed by atoms with Crippen LogP contribution in [0.15, 0.2) is 88.8 Å². The Hall–Kier alpha value is -2.58. The first-order valence-corrected chi connectivity index (χ1v) is 12.6. The van der Waals surface area contributed by atoms with Gasteiger partial charge in [0, 0.05) is 36.6 Å². The number of aliphatic imine (C=N–C) groups is 1. The third-order valence-electron chi connectivity index (χ3n) is 5.70. The van der Waals surface area contributed by atoms with E-state index in [-0.39, 0.29) is 10.8 Å². The fourth-order valence-corrected chi connectivity index (χ4v) is 6.13. The van der Waals surface area contributed by atoms with Crippen molar-refractivity contribution in [3.8, 4) is 0 Å². The van der Waals surface area contributed by atoms with Crippen LogP contribution >= 0.6 is 23.2 Å². The van der Waals surface area contributed by atoms with Gasteiger partial charge in [-0.3, -0.25) is 10.0 Å². The summed E-state index contributed by atoms with van der Waals surface area (Å²) in [5.41, 5.74) is 1.86. The zero-order chi connectivity index (χ0) is 23.6. The molecule has 0 amide bonds. The summed E-state index contributed by atoms with van der Waals surface area (Å²) >= 11 is 12.2. The van der Waals surface area contributed by atoms with Crippen LogP contribution in [0.4, 0.5) is 0 Å². The van der Waals surface area contributed by atoms with Gasteiger partial charge in [-0.25, -0.2) is 8.42 Å². The van der Waals surface area contributed by atoms with Gasteiger partial charge in [0.25, 0.3) is 10.0 Å². The number of nitrogens with one attached hydrogen (secondary N) is 1. The molecule has 9 heteroatoms. The Morgan fingerprint density at radius 2 is 1.48 bits per heavy atom. The van der Waals surface area contributed by atoms with Crippen molar-refractivity contribution < 1.29 is 8.42 Å². The largest absolute Gasteiger partial charge is 0.358 e. The van der Waals surface area contributed by atoms with E-state index in [0.29, 0.717) is 22.5 Å². The molecule has 0 aromatic heterocycles. The Kier molecular flexibility index (Phi) is 6.95. The van der Waals surface area contributed by atoms with Gasteiger partial charge in [0.05, 0.1) is 10.9 Å². The van der Waals surface area contributed by atoms with E-state index in [1.165, 1.54) is 16.5 Å². The smallest absolute Gasteiger partial charge is 0.260 e. The maximum absolute atomic E-state index is 14.1. The Morgan fingerprint density at radius 3 is 2.03 bits per heavy atom. The van der Waals surface area contributed by atoms with Crippen molar-refractivity contribution in [2.45, 2.75) is 16.9 Å². The minimum absolute atomic E-state index is 0.149. The fourth-order valence-electron chi connectivity index (χ4n) is 4.21. The summed E-state index contributed by atoms with van der Waals surface area (Å²) < 4.78 is 29.5. The molecular weight excluding hydrogens is 479 g/mol. The quantitative estimate of drug-likeness (QED) is 0.405. The molecule has 6 nitrogen and oxygen atoms in total. The second-order valence-electron chi connectivity index (χ2n) is 7.62. The molecule has 1 N–H and O–H groups in total. The molecule has 1 aliphatic heterocycles.